The van der Waals surface area contributed by atoms with E-state index in [2.05, 4.69) is 0 Å². The largest absolute Gasteiger partial charge is 0.390 e. The first-order chi connectivity index (χ1) is 7.48. The van der Waals surface area contributed by atoms with Gasteiger partial charge in [0.15, 0.2) is 9.84 Å². The lowest BCUT2D eigenvalue weighted by molar-refractivity contribution is 0.00291. The molecule has 0 aliphatic carbocycles. The summed E-state index contributed by atoms with van der Waals surface area (Å²) in [5, 5.41) is 18.1. The lowest BCUT2D eigenvalue weighted by Crippen LogP contribution is -2.51. The summed E-state index contributed by atoms with van der Waals surface area (Å²) in [6, 6.07) is 2.02. The molecule has 90 valence electrons. The Morgan fingerprint density at radius 2 is 1.88 bits per heavy atom. The molecule has 2 rings (SSSR count). The van der Waals surface area contributed by atoms with Crippen LogP contribution in [0.5, 0.6) is 0 Å². The summed E-state index contributed by atoms with van der Waals surface area (Å²) < 4.78 is 24.0. The van der Waals surface area contributed by atoms with Crippen LogP contribution in [-0.4, -0.2) is 29.6 Å². The highest BCUT2D eigenvalue weighted by molar-refractivity contribution is 7.92. The Kier molecular flexibility index (Phi) is 2.97. The number of rotatable bonds is 2. The zero-order valence-electron chi connectivity index (χ0n) is 9.22. The van der Waals surface area contributed by atoms with E-state index in [1.807, 2.05) is 6.07 Å². The average molecular weight is 243 g/mol. The lowest BCUT2D eigenvalue weighted by Gasteiger charge is -2.43. The van der Waals surface area contributed by atoms with Gasteiger partial charge in [-0.25, -0.2) is 8.42 Å². The van der Waals surface area contributed by atoms with Crippen molar-refractivity contribution < 1.29 is 13.5 Å². The Hall–Kier alpha value is -0.600. The summed E-state index contributed by atoms with van der Waals surface area (Å²) in [5.74, 6) is 0. The molecule has 5 heteroatoms. The van der Waals surface area contributed by atoms with Crippen LogP contribution in [0.2, 0.25) is 0 Å². The first-order valence-electron chi connectivity index (χ1n) is 5.80. The molecular weight excluding hydrogens is 226 g/mol. The number of nitriles is 1. The van der Waals surface area contributed by atoms with Gasteiger partial charge in [-0.3, -0.25) is 0 Å². The van der Waals surface area contributed by atoms with Crippen molar-refractivity contribution in [3.63, 3.8) is 0 Å². The summed E-state index contributed by atoms with van der Waals surface area (Å²) in [6.07, 6.45) is 3.66. The standard InChI is InChI=1S/C11H17NO3S/c12-6-2-5-11(13)7-9-3-1-4-10(8-11)16(9,14)15/h9-10,13H,1-5,7-8H2. The molecule has 2 heterocycles. The van der Waals surface area contributed by atoms with E-state index in [0.717, 1.165) is 6.42 Å². The van der Waals surface area contributed by atoms with Gasteiger partial charge in [-0.05, 0) is 32.1 Å². The Labute approximate surface area is 96.2 Å². The van der Waals surface area contributed by atoms with Crippen molar-refractivity contribution in [3.05, 3.63) is 0 Å². The van der Waals surface area contributed by atoms with Gasteiger partial charge in [0, 0.05) is 6.42 Å². The van der Waals surface area contributed by atoms with Crippen LogP contribution < -0.4 is 0 Å². The highest BCUT2D eigenvalue weighted by Crippen LogP contribution is 2.43. The van der Waals surface area contributed by atoms with Gasteiger partial charge in [-0.15, -0.1) is 0 Å². The third-order valence-corrected chi connectivity index (χ3v) is 6.56. The summed E-state index contributed by atoms with van der Waals surface area (Å²) in [6.45, 7) is 0. The molecule has 0 aromatic carbocycles. The Bertz CT molecular complexity index is 389. The van der Waals surface area contributed by atoms with E-state index < -0.39 is 15.4 Å². The van der Waals surface area contributed by atoms with E-state index >= 15 is 0 Å². The van der Waals surface area contributed by atoms with Gasteiger partial charge >= 0.3 is 0 Å². The second-order valence-corrected chi connectivity index (χ2v) is 7.57. The highest BCUT2D eigenvalue weighted by Gasteiger charge is 2.49. The predicted octanol–water partition coefficient (Wildman–Crippen LogP) is 1.15. The maximum atomic E-state index is 12.0. The Balaban J connectivity index is 2.18. The fourth-order valence-electron chi connectivity index (χ4n) is 3.03. The topological polar surface area (TPSA) is 78.2 Å². The number of sulfone groups is 1. The minimum absolute atomic E-state index is 0.302. The summed E-state index contributed by atoms with van der Waals surface area (Å²) >= 11 is 0. The second-order valence-electron chi connectivity index (χ2n) is 5.05. The zero-order valence-corrected chi connectivity index (χ0v) is 10.0. The summed E-state index contributed by atoms with van der Waals surface area (Å²) in [5.41, 5.74) is -0.920. The number of hydrogen-bond donors (Lipinski definition) is 1. The van der Waals surface area contributed by atoms with Gasteiger partial charge in [-0.2, -0.15) is 5.26 Å². The first-order valence-corrected chi connectivity index (χ1v) is 7.41. The van der Waals surface area contributed by atoms with Crippen molar-refractivity contribution >= 4 is 9.84 Å². The van der Waals surface area contributed by atoms with E-state index in [1.54, 1.807) is 0 Å². The number of hydrogen-bond acceptors (Lipinski definition) is 4. The van der Waals surface area contributed by atoms with Gasteiger partial charge in [0.1, 0.15) is 0 Å². The summed E-state index contributed by atoms with van der Waals surface area (Å²) in [4.78, 5) is 0. The Morgan fingerprint density at radius 1 is 1.31 bits per heavy atom. The van der Waals surface area contributed by atoms with Gasteiger partial charge in [0.25, 0.3) is 0 Å². The molecule has 2 saturated heterocycles. The van der Waals surface area contributed by atoms with E-state index in [0.29, 0.717) is 38.5 Å². The Morgan fingerprint density at radius 3 is 2.38 bits per heavy atom. The maximum absolute atomic E-state index is 12.0. The van der Waals surface area contributed by atoms with Crippen molar-refractivity contribution in [3.8, 4) is 6.07 Å². The van der Waals surface area contributed by atoms with Crippen molar-refractivity contribution in [1.82, 2.24) is 0 Å². The van der Waals surface area contributed by atoms with E-state index in [1.165, 1.54) is 0 Å². The molecule has 0 amide bonds. The van der Waals surface area contributed by atoms with Crippen LogP contribution in [-0.2, 0) is 9.84 Å². The molecule has 0 saturated carbocycles. The van der Waals surface area contributed by atoms with Crippen molar-refractivity contribution in [2.45, 2.75) is 61.0 Å². The maximum Gasteiger partial charge on any atom is 0.156 e. The van der Waals surface area contributed by atoms with E-state index in [-0.39, 0.29) is 10.5 Å². The number of aliphatic hydroxyl groups is 1. The van der Waals surface area contributed by atoms with Gasteiger partial charge in [-0.1, -0.05) is 6.42 Å². The minimum Gasteiger partial charge on any atom is -0.390 e. The van der Waals surface area contributed by atoms with Crippen molar-refractivity contribution in [1.29, 1.82) is 5.26 Å². The molecule has 2 aliphatic rings. The molecule has 0 aromatic rings. The van der Waals surface area contributed by atoms with Gasteiger partial charge in [0.05, 0.1) is 22.2 Å². The molecule has 0 radical (unpaired) electrons. The molecule has 16 heavy (non-hydrogen) atoms. The van der Waals surface area contributed by atoms with Crippen molar-refractivity contribution in [2.75, 3.05) is 0 Å². The molecule has 2 atom stereocenters. The molecule has 2 aliphatic heterocycles. The van der Waals surface area contributed by atoms with Crippen LogP contribution in [0.3, 0.4) is 0 Å². The number of fused-ring (bicyclic) bond motifs is 2. The van der Waals surface area contributed by atoms with Crippen LogP contribution in [0.15, 0.2) is 0 Å². The van der Waals surface area contributed by atoms with Crippen LogP contribution in [0.25, 0.3) is 0 Å². The lowest BCUT2D eigenvalue weighted by atomic mass is 9.82. The van der Waals surface area contributed by atoms with Gasteiger partial charge < -0.3 is 5.11 Å². The monoisotopic (exact) mass is 243 g/mol. The highest BCUT2D eigenvalue weighted by atomic mass is 32.2. The SMILES string of the molecule is N#CCCC1(O)CC2CCCC(C1)S2(=O)=O. The fourth-order valence-corrected chi connectivity index (χ4v) is 5.65. The third kappa shape index (κ3) is 1.96. The van der Waals surface area contributed by atoms with Crippen molar-refractivity contribution in [2.24, 2.45) is 0 Å². The van der Waals surface area contributed by atoms with Crippen LogP contribution in [0, 0.1) is 11.3 Å². The van der Waals surface area contributed by atoms with Gasteiger partial charge in [0.2, 0.25) is 0 Å². The summed E-state index contributed by atoms with van der Waals surface area (Å²) in [7, 11) is -3.00. The normalized spacial score (nSPS) is 41.2. The molecule has 2 bridgehead atoms. The second kappa shape index (κ2) is 4.01. The predicted molar refractivity (Wildman–Crippen MR) is 59.4 cm³/mol. The quantitative estimate of drug-likeness (QED) is 0.789. The van der Waals surface area contributed by atoms with E-state index in [9.17, 15) is 13.5 Å². The fraction of sp³-hybridized carbons (Fsp3) is 0.909. The first kappa shape index (κ1) is 11.9. The molecule has 4 nitrogen and oxygen atoms in total. The molecule has 0 aromatic heterocycles. The van der Waals surface area contributed by atoms with E-state index in [4.69, 9.17) is 5.26 Å². The molecular formula is C11H17NO3S. The number of nitrogens with zero attached hydrogens (tertiary/aromatic N) is 1. The molecule has 1 N–H and O–H groups in total. The smallest absolute Gasteiger partial charge is 0.156 e. The third-order valence-electron chi connectivity index (χ3n) is 3.90. The molecule has 0 spiro atoms. The zero-order chi connectivity index (χ0) is 11.8. The van der Waals surface area contributed by atoms with Crippen LogP contribution in [0.4, 0.5) is 0 Å². The minimum atomic E-state index is -3.00. The molecule has 2 fully saturated rings. The van der Waals surface area contributed by atoms with Crippen LogP contribution in [0.1, 0.15) is 44.9 Å². The average Bonchev–Trinajstić information content (AvgIpc) is 2.18. The van der Waals surface area contributed by atoms with Crippen LogP contribution >= 0.6 is 0 Å². The molecule has 2 unspecified atom stereocenters.